The number of likely N-dealkylation sites (tertiary alicyclic amines) is 2. The van der Waals surface area contributed by atoms with Crippen molar-refractivity contribution in [3.8, 4) is 0 Å². The highest BCUT2D eigenvalue weighted by Gasteiger charge is 2.34. The number of nitrogens with two attached hydrogens (primary N) is 1. The fraction of sp³-hybridized carbons (Fsp3) is 0.765. The second kappa shape index (κ2) is 6.78. The van der Waals surface area contributed by atoms with Gasteiger partial charge in [-0.2, -0.15) is 0 Å². The summed E-state index contributed by atoms with van der Waals surface area (Å²) in [5, 5.41) is 0. The third-order valence-electron chi connectivity index (χ3n) is 5.05. The van der Waals surface area contributed by atoms with E-state index in [-0.39, 0.29) is 6.04 Å². The maximum Gasteiger partial charge on any atom is 0.0591 e. The van der Waals surface area contributed by atoms with Crippen LogP contribution in [0.1, 0.15) is 48.4 Å². The molecule has 0 amide bonds. The van der Waals surface area contributed by atoms with Gasteiger partial charge in [0, 0.05) is 34.9 Å². The Morgan fingerprint density at radius 2 is 1.95 bits per heavy atom. The summed E-state index contributed by atoms with van der Waals surface area (Å²) in [5.41, 5.74) is 6.33. The summed E-state index contributed by atoms with van der Waals surface area (Å²) in [4.78, 5) is 8.20. The van der Waals surface area contributed by atoms with Crippen LogP contribution >= 0.6 is 11.3 Å². The van der Waals surface area contributed by atoms with E-state index in [1.165, 1.54) is 61.6 Å². The van der Waals surface area contributed by atoms with Crippen LogP contribution in [0.4, 0.5) is 0 Å². The highest BCUT2D eigenvalue weighted by Crippen LogP contribution is 2.33. The Hall–Kier alpha value is -0.420. The molecule has 0 aromatic carbocycles. The van der Waals surface area contributed by atoms with Gasteiger partial charge < -0.3 is 5.73 Å². The number of aryl methyl sites for hydroxylation is 1. The highest BCUT2D eigenvalue weighted by molar-refractivity contribution is 7.12. The molecule has 3 nitrogen and oxygen atoms in total. The van der Waals surface area contributed by atoms with Crippen molar-refractivity contribution in [1.29, 1.82) is 0 Å². The first-order valence-corrected chi connectivity index (χ1v) is 9.27. The maximum absolute atomic E-state index is 6.33. The van der Waals surface area contributed by atoms with Crippen molar-refractivity contribution < 1.29 is 0 Å². The molecule has 21 heavy (non-hydrogen) atoms. The molecule has 0 bridgehead atoms. The second-order valence-electron chi connectivity index (χ2n) is 6.79. The van der Waals surface area contributed by atoms with Crippen LogP contribution in [-0.2, 0) is 0 Å². The summed E-state index contributed by atoms with van der Waals surface area (Å²) in [7, 11) is 0. The Morgan fingerprint density at radius 3 is 2.57 bits per heavy atom. The minimum absolute atomic E-state index is 0.197. The van der Waals surface area contributed by atoms with E-state index >= 15 is 0 Å². The topological polar surface area (TPSA) is 32.5 Å². The Labute approximate surface area is 133 Å². The zero-order chi connectivity index (χ0) is 14.8. The molecule has 1 aromatic rings. The standard InChI is InChI=1S/C17H29N3S/c1-13-6-7-16(21-13)17(14(2)18)20-11-8-15(12-20)19-9-4-3-5-10-19/h6-7,14-15,17H,3-5,8-12,18H2,1-2H3. The molecular formula is C17H29N3S. The van der Waals surface area contributed by atoms with Gasteiger partial charge in [-0.05, 0) is 58.3 Å². The number of hydrogen-bond acceptors (Lipinski definition) is 4. The van der Waals surface area contributed by atoms with Gasteiger partial charge in [-0.25, -0.2) is 0 Å². The lowest BCUT2D eigenvalue weighted by molar-refractivity contribution is 0.147. The Kier molecular flexibility index (Phi) is 4.99. The van der Waals surface area contributed by atoms with Crippen molar-refractivity contribution in [1.82, 2.24) is 9.80 Å². The predicted molar refractivity (Wildman–Crippen MR) is 90.8 cm³/mol. The monoisotopic (exact) mass is 307 g/mol. The van der Waals surface area contributed by atoms with Gasteiger partial charge in [0.2, 0.25) is 0 Å². The first kappa shape index (κ1) is 15.5. The van der Waals surface area contributed by atoms with Gasteiger partial charge >= 0.3 is 0 Å². The molecule has 118 valence electrons. The minimum Gasteiger partial charge on any atom is -0.326 e. The molecule has 2 N–H and O–H groups in total. The average molecular weight is 308 g/mol. The summed E-state index contributed by atoms with van der Waals surface area (Å²) in [6.45, 7) is 9.35. The molecule has 1 aromatic heterocycles. The SMILES string of the molecule is Cc1ccc(C(C(C)N)N2CCC(N3CCCCC3)C2)s1. The zero-order valence-electron chi connectivity index (χ0n) is 13.4. The van der Waals surface area contributed by atoms with Crippen LogP contribution < -0.4 is 5.73 Å². The van der Waals surface area contributed by atoms with Crippen LogP contribution in [0.2, 0.25) is 0 Å². The second-order valence-corrected chi connectivity index (χ2v) is 8.11. The van der Waals surface area contributed by atoms with E-state index < -0.39 is 0 Å². The van der Waals surface area contributed by atoms with Crippen LogP contribution in [0, 0.1) is 6.92 Å². The van der Waals surface area contributed by atoms with Crippen LogP contribution in [0.15, 0.2) is 12.1 Å². The average Bonchev–Trinajstić information content (AvgIpc) is 3.10. The van der Waals surface area contributed by atoms with E-state index in [0.29, 0.717) is 6.04 Å². The summed E-state index contributed by atoms with van der Waals surface area (Å²) < 4.78 is 0. The molecule has 2 fully saturated rings. The molecule has 4 heteroatoms. The lowest BCUT2D eigenvalue weighted by atomic mass is 10.1. The molecule has 2 aliphatic rings. The zero-order valence-corrected chi connectivity index (χ0v) is 14.2. The van der Waals surface area contributed by atoms with Crippen LogP contribution in [-0.4, -0.2) is 48.1 Å². The first-order valence-electron chi connectivity index (χ1n) is 8.45. The van der Waals surface area contributed by atoms with Gasteiger partial charge in [-0.15, -0.1) is 11.3 Å². The molecular weight excluding hydrogens is 278 g/mol. The molecule has 0 saturated carbocycles. The van der Waals surface area contributed by atoms with Crippen molar-refractivity contribution in [3.63, 3.8) is 0 Å². The van der Waals surface area contributed by atoms with Crippen molar-refractivity contribution in [3.05, 3.63) is 21.9 Å². The van der Waals surface area contributed by atoms with Gasteiger partial charge in [0.05, 0.1) is 6.04 Å². The fourth-order valence-corrected chi connectivity index (χ4v) is 5.11. The van der Waals surface area contributed by atoms with Gasteiger partial charge in [-0.1, -0.05) is 6.42 Å². The number of hydrogen-bond donors (Lipinski definition) is 1. The van der Waals surface area contributed by atoms with Crippen LogP contribution in [0.5, 0.6) is 0 Å². The van der Waals surface area contributed by atoms with Crippen LogP contribution in [0.25, 0.3) is 0 Å². The molecule has 0 radical (unpaired) electrons. The van der Waals surface area contributed by atoms with E-state index in [1.54, 1.807) is 0 Å². The third-order valence-corrected chi connectivity index (χ3v) is 6.12. The Balaban J connectivity index is 1.67. The van der Waals surface area contributed by atoms with Crippen molar-refractivity contribution >= 4 is 11.3 Å². The third kappa shape index (κ3) is 3.50. The minimum atomic E-state index is 0.197. The normalized spacial score (nSPS) is 27.9. The molecule has 3 heterocycles. The number of nitrogens with zero attached hydrogens (tertiary/aromatic N) is 2. The summed E-state index contributed by atoms with van der Waals surface area (Å²) in [6.07, 6.45) is 5.51. The summed E-state index contributed by atoms with van der Waals surface area (Å²) in [6, 6.07) is 5.87. The molecule has 3 unspecified atom stereocenters. The predicted octanol–water partition coefficient (Wildman–Crippen LogP) is 3.01. The number of thiophene rings is 1. The van der Waals surface area contributed by atoms with E-state index in [1.807, 2.05) is 11.3 Å². The van der Waals surface area contributed by atoms with Gasteiger partial charge in [0.1, 0.15) is 0 Å². The quantitative estimate of drug-likeness (QED) is 0.928. The van der Waals surface area contributed by atoms with Gasteiger partial charge in [0.25, 0.3) is 0 Å². The maximum atomic E-state index is 6.33. The van der Waals surface area contributed by atoms with Crippen molar-refractivity contribution in [2.45, 2.75) is 57.7 Å². The molecule has 3 atom stereocenters. The molecule has 0 aliphatic carbocycles. The van der Waals surface area contributed by atoms with Gasteiger partial charge in [0.15, 0.2) is 0 Å². The lowest BCUT2D eigenvalue weighted by Gasteiger charge is -2.34. The van der Waals surface area contributed by atoms with E-state index in [2.05, 4.69) is 35.8 Å². The molecule has 2 saturated heterocycles. The van der Waals surface area contributed by atoms with E-state index in [9.17, 15) is 0 Å². The lowest BCUT2D eigenvalue weighted by Crippen LogP contribution is -2.43. The Bertz CT molecular complexity index is 451. The summed E-state index contributed by atoms with van der Waals surface area (Å²) >= 11 is 1.91. The molecule has 3 rings (SSSR count). The smallest absolute Gasteiger partial charge is 0.0591 e. The Morgan fingerprint density at radius 1 is 1.19 bits per heavy atom. The highest BCUT2D eigenvalue weighted by atomic mass is 32.1. The first-order chi connectivity index (χ1) is 10.1. The number of piperidine rings is 1. The van der Waals surface area contributed by atoms with Crippen molar-refractivity contribution in [2.75, 3.05) is 26.2 Å². The largest absolute Gasteiger partial charge is 0.326 e. The fourth-order valence-electron chi connectivity index (χ4n) is 3.99. The van der Waals surface area contributed by atoms with Gasteiger partial charge in [-0.3, -0.25) is 9.80 Å². The van der Waals surface area contributed by atoms with E-state index in [0.717, 1.165) is 6.04 Å². The molecule has 2 aliphatic heterocycles. The van der Waals surface area contributed by atoms with Crippen molar-refractivity contribution in [2.24, 2.45) is 5.73 Å². The number of rotatable bonds is 4. The molecule has 0 spiro atoms. The summed E-state index contributed by atoms with van der Waals surface area (Å²) in [5.74, 6) is 0. The van der Waals surface area contributed by atoms with Crippen LogP contribution in [0.3, 0.4) is 0 Å². The van der Waals surface area contributed by atoms with E-state index in [4.69, 9.17) is 5.73 Å².